The zero-order chi connectivity index (χ0) is 25.3. The van der Waals surface area contributed by atoms with E-state index in [9.17, 15) is 18.0 Å². The molecule has 4 nitrogen and oxygen atoms in total. The normalized spacial score (nSPS) is 11.5. The Bertz CT molecular complexity index is 1070. The molecule has 3 rings (SSSR count). The Labute approximate surface area is 205 Å². The summed E-state index contributed by atoms with van der Waals surface area (Å²) >= 11 is 0. The molecule has 0 spiro atoms. The molecule has 0 atom stereocenters. The summed E-state index contributed by atoms with van der Waals surface area (Å²) in [6.07, 6.45) is 1.29. The van der Waals surface area contributed by atoms with Crippen LogP contribution in [0.4, 0.5) is 13.2 Å². The van der Waals surface area contributed by atoms with E-state index in [-0.39, 0.29) is 5.91 Å². The van der Waals surface area contributed by atoms with Gasteiger partial charge in [0.25, 0.3) is 5.91 Å². The molecule has 0 aliphatic carbocycles. The Morgan fingerprint density at radius 2 is 1.71 bits per heavy atom. The van der Waals surface area contributed by atoms with Crippen LogP contribution < -0.4 is 4.74 Å². The molecule has 1 amide bonds. The second kappa shape index (κ2) is 12.5. The minimum atomic E-state index is -4.38. The number of carbonyl (C=O) groups excluding carboxylic acids is 1. The lowest BCUT2D eigenvalue weighted by Crippen LogP contribution is -2.32. The molecule has 0 fully saturated rings. The number of amides is 1. The summed E-state index contributed by atoms with van der Waals surface area (Å²) < 4.78 is 46.9. The van der Waals surface area contributed by atoms with Gasteiger partial charge in [-0.05, 0) is 66.9 Å². The number of alkyl halides is 3. The minimum Gasteiger partial charge on any atom is -0.494 e. The van der Waals surface area contributed by atoms with Crippen molar-refractivity contribution in [2.45, 2.75) is 58.8 Å². The Morgan fingerprint density at radius 3 is 2.40 bits per heavy atom. The van der Waals surface area contributed by atoms with Gasteiger partial charge in [0.05, 0.1) is 18.7 Å². The molecular weight excluding hydrogens is 453 g/mol. The second-order valence-corrected chi connectivity index (χ2v) is 8.63. The number of aromatic nitrogens is 1. The van der Waals surface area contributed by atoms with E-state index in [1.807, 2.05) is 35.0 Å². The van der Waals surface area contributed by atoms with Crippen molar-refractivity contribution in [2.75, 3.05) is 13.2 Å². The fourth-order valence-corrected chi connectivity index (χ4v) is 3.80. The quantitative estimate of drug-likeness (QED) is 0.254. The highest BCUT2D eigenvalue weighted by Gasteiger charge is 2.30. The fourth-order valence-electron chi connectivity index (χ4n) is 3.80. The maximum absolute atomic E-state index is 13.3. The van der Waals surface area contributed by atoms with Crippen LogP contribution in [0.1, 0.15) is 66.7 Å². The lowest BCUT2D eigenvalue weighted by atomic mass is 10.1. The van der Waals surface area contributed by atoms with E-state index in [1.54, 1.807) is 23.1 Å². The van der Waals surface area contributed by atoms with E-state index in [2.05, 4.69) is 13.8 Å². The highest BCUT2D eigenvalue weighted by molar-refractivity contribution is 5.94. The smallest absolute Gasteiger partial charge is 0.416 e. The van der Waals surface area contributed by atoms with Crippen molar-refractivity contribution in [3.63, 3.8) is 0 Å². The average Bonchev–Trinajstić information content (AvgIpc) is 3.28. The largest absolute Gasteiger partial charge is 0.494 e. The van der Waals surface area contributed by atoms with Crippen molar-refractivity contribution in [2.24, 2.45) is 0 Å². The fraction of sp³-hybridized carbons (Fsp3) is 0.393. The van der Waals surface area contributed by atoms with E-state index in [1.165, 1.54) is 12.1 Å². The van der Waals surface area contributed by atoms with Crippen LogP contribution in [0, 0.1) is 0 Å². The predicted molar refractivity (Wildman–Crippen MR) is 131 cm³/mol. The van der Waals surface area contributed by atoms with Crippen LogP contribution in [-0.4, -0.2) is 28.5 Å². The number of hydrogen-bond acceptors (Lipinski definition) is 2. The summed E-state index contributed by atoms with van der Waals surface area (Å²) in [5, 5.41) is 0. The van der Waals surface area contributed by atoms with Gasteiger partial charge in [0, 0.05) is 30.5 Å². The summed E-state index contributed by atoms with van der Waals surface area (Å²) in [5.41, 5.74) is 1.35. The molecule has 35 heavy (non-hydrogen) atoms. The maximum atomic E-state index is 13.3. The minimum absolute atomic E-state index is 0.0784. The zero-order valence-corrected chi connectivity index (χ0v) is 20.4. The van der Waals surface area contributed by atoms with Gasteiger partial charge in [0.15, 0.2) is 0 Å². The highest BCUT2D eigenvalue weighted by atomic mass is 19.4. The lowest BCUT2D eigenvalue weighted by Gasteiger charge is -2.24. The van der Waals surface area contributed by atoms with Crippen LogP contribution in [-0.2, 0) is 19.3 Å². The molecule has 188 valence electrons. The Balaban J connectivity index is 1.74. The zero-order valence-electron chi connectivity index (χ0n) is 20.4. The van der Waals surface area contributed by atoms with Gasteiger partial charge >= 0.3 is 6.18 Å². The molecule has 7 heteroatoms. The number of halogens is 3. The molecule has 0 aliphatic rings. The first-order chi connectivity index (χ1) is 16.8. The van der Waals surface area contributed by atoms with Gasteiger partial charge in [-0.15, -0.1) is 0 Å². The number of ether oxygens (including phenoxy) is 1. The molecular formula is C28H33F3N2O2. The first kappa shape index (κ1) is 26.4. The van der Waals surface area contributed by atoms with Crippen molar-refractivity contribution in [1.82, 2.24) is 9.47 Å². The van der Waals surface area contributed by atoms with Crippen LogP contribution in [0.25, 0.3) is 0 Å². The van der Waals surface area contributed by atoms with Crippen LogP contribution in [0.15, 0.2) is 66.9 Å². The Kier molecular flexibility index (Phi) is 9.40. The van der Waals surface area contributed by atoms with Crippen LogP contribution in [0.5, 0.6) is 5.75 Å². The van der Waals surface area contributed by atoms with Gasteiger partial charge in [-0.25, -0.2) is 0 Å². The number of rotatable bonds is 12. The topological polar surface area (TPSA) is 34.5 Å². The lowest BCUT2D eigenvalue weighted by molar-refractivity contribution is -0.137. The van der Waals surface area contributed by atoms with Gasteiger partial charge in [-0.3, -0.25) is 4.79 Å². The molecule has 0 saturated carbocycles. The molecule has 1 heterocycles. The molecule has 0 bridgehead atoms. The van der Waals surface area contributed by atoms with Gasteiger partial charge in [-0.2, -0.15) is 13.2 Å². The molecule has 1 aromatic heterocycles. The molecule has 0 N–H and O–H groups in total. The number of carbonyl (C=O) groups is 1. The summed E-state index contributed by atoms with van der Waals surface area (Å²) in [6, 6.07) is 16.3. The third kappa shape index (κ3) is 7.64. The van der Waals surface area contributed by atoms with Gasteiger partial charge < -0.3 is 14.2 Å². The standard InChI is InChI=1S/C28H33F3N2O2/c1-3-5-16-33(27(34)23-12-14-26(15-13-23)35-18-6-4-2)21-25-11-8-17-32(25)20-22-9-7-10-24(19-22)28(29,30)31/h7-15,17,19H,3-6,16,18,20-21H2,1-2H3. The van der Waals surface area contributed by atoms with Gasteiger partial charge in [0.2, 0.25) is 0 Å². The molecule has 0 aliphatic heterocycles. The van der Waals surface area contributed by atoms with Crippen molar-refractivity contribution in [1.29, 1.82) is 0 Å². The van der Waals surface area contributed by atoms with Crippen molar-refractivity contribution in [3.8, 4) is 5.75 Å². The number of hydrogen-bond donors (Lipinski definition) is 0. The highest BCUT2D eigenvalue weighted by Crippen LogP contribution is 2.29. The first-order valence-electron chi connectivity index (χ1n) is 12.1. The Morgan fingerprint density at radius 1 is 0.971 bits per heavy atom. The molecule has 3 aromatic rings. The molecule has 2 aromatic carbocycles. The van der Waals surface area contributed by atoms with Crippen LogP contribution >= 0.6 is 0 Å². The number of benzene rings is 2. The summed E-state index contributed by atoms with van der Waals surface area (Å²) in [6.45, 7) is 6.09. The van der Waals surface area contributed by atoms with Crippen LogP contribution in [0.2, 0.25) is 0 Å². The van der Waals surface area contributed by atoms with E-state index >= 15 is 0 Å². The van der Waals surface area contributed by atoms with Crippen molar-refractivity contribution in [3.05, 3.63) is 89.2 Å². The molecule has 0 unspecified atom stereocenters. The van der Waals surface area contributed by atoms with Gasteiger partial charge in [0.1, 0.15) is 5.75 Å². The van der Waals surface area contributed by atoms with Crippen molar-refractivity contribution >= 4 is 5.91 Å². The van der Waals surface area contributed by atoms with E-state index < -0.39 is 11.7 Å². The number of nitrogens with zero attached hydrogens (tertiary/aromatic N) is 2. The molecule has 0 radical (unpaired) electrons. The molecule has 0 saturated heterocycles. The van der Waals surface area contributed by atoms with E-state index in [0.29, 0.717) is 37.4 Å². The number of unbranched alkanes of at least 4 members (excludes halogenated alkanes) is 2. The average molecular weight is 487 g/mol. The van der Waals surface area contributed by atoms with Gasteiger partial charge in [-0.1, -0.05) is 38.8 Å². The summed E-state index contributed by atoms with van der Waals surface area (Å²) in [7, 11) is 0. The van der Waals surface area contributed by atoms with E-state index in [4.69, 9.17) is 4.74 Å². The van der Waals surface area contributed by atoms with Crippen LogP contribution in [0.3, 0.4) is 0 Å². The maximum Gasteiger partial charge on any atom is 0.416 e. The monoisotopic (exact) mass is 486 g/mol. The predicted octanol–water partition coefficient (Wildman–Crippen LogP) is 7.18. The summed E-state index contributed by atoms with van der Waals surface area (Å²) in [4.78, 5) is 15.1. The van der Waals surface area contributed by atoms with E-state index in [0.717, 1.165) is 43.2 Å². The first-order valence-corrected chi connectivity index (χ1v) is 12.1. The summed E-state index contributed by atoms with van der Waals surface area (Å²) in [5.74, 6) is 0.662. The SMILES string of the molecule is CCCCOc1ccc(C(=O)N(CCCC)Cc2cccn2Cc2cccc(C(F)(F)F)c2)cc1. The third-order valence-electron chi connectivity index (χ3n) is 5.82. The van der Waals surface area contributed by atoms with Crippen molar-refractivity contribution < 1.29 is 22.7 Å². The second-order valence-electron chi connectivity index (χ2n) is 8.63. The third-order valence-corrected chi connectivity index (χ3v) is 5.82. The Hall–Kier alpha value is -3.22.